The van der Waals surface area contributed by atoms with Crippen LogP contribution in [-0.2, 0) is 16.4 Å². The van der Waals surface area contributed by atoms with E-state index in [0.29, 0.717) is 35.7 Å². The molecular formula is C20H17N3O4S. The van der Waals surface area contributed by atoms with Crippen molar-refractivity contribution in [3.8, 4) is 11.5 Å². The Morgan fingerprint density at radius 2 is 1.86 bits per heavy atom. The third-order valence-electron chi connectivity index (χ3n) is 4.29. The van der Waals surface area contributed by atoms with Crippen LogP contribution in [0.4, 0.5) is 5.69 Å². The first-order chi connectivity index (χ1) is 13.5. The maximum absolute atomic E-state index is 12.7. The lowest BCUT2D eigenvalue weighted by Gasteiger charge is -2.17. The number of aromatic nitrogens is 1. The number of carbonyl (C=O) groups excluding carboxylic acids is 1. The number of hydrogen-bond donors (Lipinski definition) is 2. The van der Waals surface area contributed by atoms with E-state index in [1.54, 1.807) is 54.9 Å². The highest BCUT2D eigenvalue weighted by atomic mass is 32.2. The number of amides is 1. The summed E-state index contributed by atoms with van der Waals surface area (Å²) >= 11 is 0. The van der Waals surface area contributed by atoms with Crippen LogP contribution in [0.25, 0.3) is 0 Å². The molecule has 0 unspecified atom stereocenters. The molecule has 0 spiro atoms. The minimum absolute atomic E-state index is 0.0407. The second-order valence-corrected chi connectivity index (χ2v) is 7.93. The van der Waals surface area contributed by atoms with Crippen LogP contribution in [0.3, 0.4) is 0 Å². The number of hydrogen-bond acceptors (Lipinski definition) is 5. The Morgan fingerprint density at radius 1 is 1.04 bits per heavy atom. The minimum atomic E-state index is -3.82. The van der Waals surface area contributed by atoms with Gasteiger partial charge in [0.2, 0.25) is 0 Å². The van der Waals surface area contributed by atoms with Crippen molar-refractivity contribution < 1.29 is 17.9 Å². The van der Waals surface area contributed by atoms with E-state index in [2.05, 4.69) is 15.0 Å². The number of nitrogens with zero attached hydrogens (tertiary/aromatic N) is 1. The number of carbonyl (C=O) groups is 1. The molecular weight excluding hydrogens is 378 g/mol. The SMILES string of the molecule is O=C1NCCc2ccc(S(=O)(=O)Nc3ccc(Oc4cccnc4)cc3)cc21. The fraction of sp³-hybridized carbons (Fsp3) is 0.100. The summed E-state index contributed by atoms with van der Waals surface area (Å²) in [7, 11) is -3.82. The molecule has 28 heavy (non-hydrogen) atoms. The van der Waals surface area contributed by atoms with Gasteiger partial charge in [-0.2, -0.15) is 0 Å². The number of benzene rings is 2. The smallest absolute Gasteiger partial charge is 0.261 e. The van der Waals surface area contributed by atoms with Crippen molar-refractivity contribution >= 4 is 21.6 Å². The third-order valence-corrected chi connectivity index (χ3v) is 5.67. The van der Waals surface area contributed by atoms with Crippen molar-refractivity contribution in [1.29, 1.82) is 0 Å². The second kappa shape index (κ2) is 7.32. The van der Waals surface area contributed by atoms with Gasteiger partial charge in [0.15, 0.2) is 0 Å². The highest BCUT2D eigenvalue weighted by Crippen LogP contribution is 2.25. The number of fused-ring (bicyclic) bond motifs is 1. The van der Waals surface area contributed by atoms with Crippen LogP contribution in [0.15, 0.2) is 71.9 Å². The molecule has 1 aliphatic heterocycles. The van der Waals surface area contributed by atoms with Gasteiger partial charge in [-0.1, -0.05) is 6.07 Å². The summed E-state index contributed by atoms with van der Waals surface area (Å²) in [6.45, 7) is 0.559. The lowest BCUT2D eigenvalue weighted by Crippen LogP contribution is -2.32. The minimum Gasteiger partial charge on any atom is -0.456 e. The highest BCUT2D eigenvalue weighted by molar-refractivity contribution is 7.92. The van der Waals surface area contributed by atoms with E-state index in [1.807, 2.05) is 0 Å². The predicted octanol–water partition coefficient (Wildman–Crippen LogP) is 2.96. The monoisotopic (exact) mass is 395 g/mol. The molecule has 2 N–H and O–H groups in total. The lowest BCUT2D eigenvalue weighted by atomic mass is 10.0. The molecule has 0 aliphatic carbocycles. The molecule has 1 aromatic heterocycles. The number of nitrogens with one attached hydrogen (secondary N) is 2. The molecule has 0 radical (unpaired) electrons. The average molecular weight is 395 g/mol. The van der Waals surface area contributed by atoms with Crippen molar-refractivity contribution in [2.75, 3.05) is 11.3 Å². The average Bonchev–Trinajstić information content (AvgIpc) is 2.70. The van der Waals surface area contributed by atoms with E-state index < -0.39 is 10.0 Å². The Bertz CT molecular complexity index is 1110. The van der Waals surface area contributed by atoms with Gasteiger partial charge in [-0.05, 0) is 60.5 Å². The fourth-order valence-corrected chi connectivity index (χ4v) is 3.99. The molecule has 0 saturated heterocycles. The van der Waals surface area contributed by atoms with Gasteiger partial charge < -0.3 is 10.1 Å². The topological polar surface area (TPSA) is 97.4 Å². The maximum atomic E-state index is 12.7. The maximum Gasteiger partial charge on any atom is 0.261 e. The van der Waals surface area contributed by atoms with Crippen LogP contribution < -0.4 is 14.8 Å². The first-order valence-electron chi connectivity index (χ1n) is 8.63. The summed E-state index contributed by atoms with van der Waals surface area (Å²) in [6, 6.07) is 14.7. The molecule has 2 aromatic carbocycles. The number of rotatable bonds is 5. The van der Waals surface area contributed by atoms with Crippen LogP contribution in [0.1, 0.15) is 15.9 Å². The standard InChI is InChI=1S/C20H17N3O4S/c24-20-19-12-18(8-3-14(19)9-11-22-20)28(25,26)23-15-4-6-16(7-5-15)27-17-2-1-10-21-13-17/h1-8,10,12-13,23H,9,11H2,(H,22,24). The van der Waals surface area contributed by atoms with Crippen molar-refractivity contribution in [3.05, 3.63) is 78.1 Å². The molecule has 142 valence electrons. The summed E-state index contributed by atoms with van der Waals surface area (Å²) in [5, 5.41) is 2.72. The Balaban J connectivity index is 1.52. The summed E-state index contributed by atoms with van der Waals surface area (Å²) in [5.74, 6) is 0.889. The van der Waals surface area contributed by atoms with Gasteiger partial charge in [0, 0.05) is 24.0 Å². The lowest BCUT2D eigenvalue weighted by molar-refractivity contribution is 0.0945. The third kappa shape index (κ3) is 3.81. The summed E-state index contributed by atoms with van der Waals surface area (Å²) in [4.78, 5) is 16.0. The normalized spacial score (nSPS) is 13.4. The zero-order valence-corrected chi connectivity index (χ0v) is 15.6. The van der Waals surface area contributed by atoms with E-state index in [1.165, 1.54) is 12.1 Å². The number of sulfonamides is 1. The van der Waals surface area contributed by atoms with Gasteiger partial charge in [0.1, 0.15) is 11.5 Å². The van der Waals surface area contributed by atoms with E-state index in [4.69, 9.17) is 4.74 Å². The van der Waals surface area contributed by atoms with Crippen LogP contribution in [0.2, 0.25) is 0 Å². The van der Waals surface area contributed by atoms with Crippen LogP contribution in [0, 0.1) is 0 Å². The Labute approximate surface area is 162 Å². The van der Waals surface area contributed by atoms with E-state index in [-0.39, 0.29) is 10.8 Å². The molecule has 8 heteroatoms. The molecule has 0 saturated carbocycles. The number of pyridine rings is 1. The molecule has 0 bridgehead atoms. The van der Waals surface area contributed by atoms with Gasteiger partial charge in [-0.25, -0.2) is 8.42 Å². The van der Waals surface area contributed by atoms with Crippen molar-refractivity contribution in [2.24, 2.45) is 0 Å². The fourth-order valence-electron chi connectivity index (χ4n) is 2.91. The highest BCUT2D eigenvalue weighted by Gasteiger charge is 2.21. The van der Waals surface area contributed by atoms with Crippen LogP contribution in [0.5, 0.6) is 11.5 Å². The van der Waals surface area contributed by atoms with Crippen LogP contribution >= 0.6 is 0 Å². The van der Waals surface area contributed by atoms with E-state index >= 15 is 0 Å². The molecule has 2 heterocycles. The van der Waals surface area contributed by atoms with Gasteiger partial charge in [0.05, 0.1) is 11.1 Å². The van der Waals surface area contributed by atoms with Crippen molar-refractivity contribution in [2.45, 2.75) is 11.3 Å². The molecule has 0 atom stereocenters. The Morgan fingerprint density at radius 3 is 2.61 bits per heavy atom. The van der Waals surface area contributed by atoms with Gasteiger partial charge in [-0.15, -0.1) is 0 Å². The van der Waals surface area contributed by atoms with Gasteiger partial charge in [0.25, 0.3) is 15.9 Å². The van der Waals surface area contributed by atoms with Crippen molar-refractivity contribution in [1.82, 2.24) is 10.3 Å². The molecule has 7 nitrogen and oxygen atoms in total. The summed E-state index contributed by atoms with van der Waals surface area (Å²) in [6.07, 6.45) is 3.92. The first-order valence-corrected chi connectivity index (χ1v) is 10.1. The molecule has 1 aliphatic rings. The summed E-state index contributed by atoms with van der Waals surface area (Å²) < 4.78 is 33.5. The van der Waals surface area contributed by atoms with Crippen molar-refractivity contribution in [3.63, 3.8) is 0 Å². The Kier molecular flexibility index (Phi) is 4.70. The van der Waals surface area contributed by atoms with E-state index in [0.717, 1.165) is 5.56 Å². The zero-order chi connectivity index (χ0) is 19.6. The molecule has 3 aromatic rings. The zero-order valence-electron chi connectivity index (χ0n) is 14.8. The molecule has 1 amide bonds. The summed E-state index contributed by atoms with van der Waals surface area (Å²) in [5.41, 5.74) is 1.63. The predicted molar refractivity (Wildman–Crippen MR) is 104 cm³/mol. The molecule has 4 rings (SSSR count). The van der Waals surface area contributed by atoms with Crippen LogP contribution in [-0.4, -0.2) is 25.9 Å². The largest absolute Gasteiger partial charge is 0.456 e. The second-order valence-electron chi connectivity index (χ2n) is 6.25. The molecule has 0 fully saturated rings. The number of anilines is 1. The first kappa shape index (κ1) is 18.0. The Hall–Kier alpha value is -3.39. The van der Waals surface area contributed by atoms with Gasteiger partial charge >= 0.3 is 0 Å². The van der Waals surface area contributed by atoms with E-state index in [9.17, 15) is 13.2 Å². The van der Waals surface area contributed by atoms with Gasteiger partial charge in [-0.3, -0.25) is 14.5 Å². The number of ether oxygens (including phenoxy) is 1. The quantitative estimate of drug-likeness (QED) is 0.692.